The Labute approximate surface area is 136 Å². The maximum atomic E-state index is 11.2. The molecule has 5 heteroatoms. The Morgan fingerprint density at radius 3 is 2.52 bits per heavy atom. The summed E-state index contributed by atoms with van der Waals surface area (Å²) in [5.74, 6) is -0.910. The van der Waals surface area contributed by atoms with Crippen molar-refractivity contribution in [2.45, 2.75) is 12.2 Å². The molecule has 3 aromatic rings. The minimum atomic E-state index is -0.910. The lowest BCUT2D eigenvalue weighted by molar-refractivity contribution is 0.0696. The number of nitrogens with zero attached hydrogens (tertiary/aromatic N) is 1. The highest BCUT2D eigenvalue weighted by atomic mass is 32.1. The first-order valence-corrected chi connectivity index (χ1v) is 8.16. The van der Waals surface area contributed by atoms with E-state index in [1.807, 2.05) is 11.4 Å². The molecule has 0 spiro atoms. The molecular formula is C18H11NO3S. The summed E-state index contributed by atoms with van der Waals surface area (Å²) < 4.78 is 6.11. The molecule has 2 bridgehead atoms. The number of aromatic nitrogens is 1. The first-order valence-electron chi connectivity index (χ1n) is 7.28. The molecule has 0 unspecified atom stereocenters. The summed E-state index contributed by atoms with van der Waals surface area (Å²) >= 11 is 1.60. The summed E-state index contributed by atoms with van der Waals surface area (Å²) in [6, 6.07) is 11.6. The van der Waals surface area contributed by atoms with E-state index in [4.69, 9.17) is 4.74 Å². The van der Waals surface area contributed by atoms with Crippen LogP contribution in [0.1, 0.15) is 44.8 Å². The van der Waals surface area contributed by atoms with Gasteiger partial charge in [0.1, 0.15) is 17.2 Å². The summed E-state index contributed by atoms with van der Waals surface area (Å²) in [6.45, 7) is 0. The van der Waals surface area contributed by atoms with Crippen molar-refractivity contribution >= 4 is 17.3 Å². The molecule has 112 valence electrons. The molecule has 5 rings (SSSR count). The molecular weight excluding hydrogens is 310 g/mol. The number of ether oxygens (including phenoxy) is 1. The molecule has 2 aromatic carbocycles. The molecule has 2 atom stereocenters. The van der Waals surface area contributed by atoms with Gasteiger partial charge in [0, 0.05) is 17.1 Å². The van der Waals surface area contributed by atoms with Crippen LogP contribution < -0.4 is 0 Å². The predicted molar refractivity (Wildman–Crippen MR) is 85.7 cm³/mol. The zero-order chi connectivity index (χ0) is 15.6. The van der Waals surface area contributed by atoms with Gasteiger partial charge in [-0.2, -0.15) is 0 Å². The average Bonchev–Trinajstić information content (AvgIpc) is 3.29. The highest BCUT2D eigenvalue weighted by Crippen LogP contribution is 2.54. The first kappa shape index (κ1) is 13.0. The van der Waals surface area contributed by atoms with Crippen LogP contribution >= 0.6 is 11.3 Å². The van der Waals surface area contributed by atoms with E-state index in [-0.39, 0.29) is 12.2 Å². The van der Waals surface area contributed by atoms with Crippen molar-refractivity contribution in [3.63, 3.8) is 0 Å². The van der Waals surface area contributed by atoms with E-state index < -0.39 is 5.97 Å². The fraction of sp³-hybridized carbons (Fsp3) is 0.111. The number of hydrogen-bond donors (Lipinski definition) is 1. The molecule has 2 aliphatic heterocycles. The molecule has 1 N–H and O–H groups in total. The van der Waals surface area contributed by atoms with Gasteiger partial charge >= 0.3 is 5.97 Å². The van der Waals surface area contributed by atoms with Crippen LogP contribution in [0, 0.1) is 0 Å². The third-order valence-corrected chi connectivity index (χ3v) is 5.32. The van der Waals surface area contributed by atoms with Crippen molar-refractivity contribution in [1.82, 2.24) is 4.98 Å². The Bertz CT molecular complexity index is 949. The number of benzene rings is 2. The van der Waals surface area contributed by atoms with Gasteiger partial charge in [-0.15, -0.1) is 11.3 Å². The topological polar surface area (TPSA) is 59.4 Å². The number of aromatic carboxylic acids is 1. The van der Waals surface area contributed by atoms with E-state index in [0.717, 1.165) is 27.3 Å². The van der Waals surface area contributed by atoms with Crippen LogP contribution in [0.25, 0.3) is 10.6 Å². The fourth-order valence-electron chi connectivity index (χ4n) is 3.48. The zero-order valence-electron chi connectivity index (χ0n) is 11.9. The van der Waals surface area contributed by atoms with Crippen molar-refractivity contribution in [3.8, 4) is 10.6 Å². The van der Waals surface area contributed by atoms with E-state index in [1.54, 1.807) is 29.7 Å². The lowest BCUT2D eigenvalue weighted by Gasteiger charge is -2.16. The van der Waals surface area contributed by atoms with Crippen molar-refractivity contribution in [2.24, 2.45) is 0 Å². The Kier molecular flexibility index (Phi) is 2.54. The number of hydrogen-bond acceptors (Lipinski definition) is 4. The normalized spacial score (nSPS) is 20.3. The third kappa shape index (κ3) is 1.75. The van der Waals surface area contributed by atoms with Gasteiger partial charge in [0.2, 0.25) is 0 Å². The van der Waals surface area contributed by atoms with Gasteiger partial charge in [-0.05, 0) is 40.5 Å². The van der Waals surface area contributed by atoms with Gasteiger partial charge in [0.15, 0.2) is 0 Å². The number of carbonyl (C=O) groups is 1. The van der Waals surface area contributed by atoms with Crippen LogP contribution in [0.2, 0.25) is 0 Å². The largest absolute Gasteiger partial charge is 0.478 e. The molecule has 1 aromatic heterocycles. The second-order valence-electron chi connectivity index (χ2n) is 5.73. The summed E-state index contributed by atoms with van der Waals surface area (Å²) in [4.78, 5) is 15.6. The fourth-order valence-corrected chi connectivity index (χ4v) is 4.11. The van der Waals surface area contributed by atoms with Crippen molar-refractivity contribution in [3.05, 3.63) is 75.8 Å². The molecule has 0 radical (unpaired) electrons. The van der Waals surface area contributed by atoms with Crippen molar-refractivity contribution in [1.29, 1.82) is 0 Å². The molecule has 4 nitrogen and oxygen atoms in total. The van der Waals surface area contributed by atoms with E-state index in [9.17, 15) is 9.90 Å². The Balaban J connectivity index is 1.64. The lowest BCUT2D eigenvalue weighted by Crippen LogP contribution is -2.06. The first-order chi connectivity index (χ1) is 11.2. The zero-order valence-corrected chi connectivity index (χ0v) is 12.7. The lowest BCUT2D eigenvalue weighted by atomic mass is 9.84. The van der Waals surface area contributed by atoms with Crippen LogP contribution in [0.5, 0.6) is 0 Å². The van der Waals surface area contributed by atoms with Gasteiger partial charge < -0.3 is 9.84 Å². The van der Waals surface area contributed by atoms with Crippen LogP contribution in [-0.2, 0) is 4.74 Å². The van der Waals surface area contributed by atoms with E-state index in [2.05, 4.69) is 23.2 Å². The van der Waals surface area contributed by atoms with Crippen LogP contribution in [0.4, 0.5) is 0 Å². The van der Waals surface area contributed by atoms with Gasteiger partial charge in [0.25, 0.3) is 0 Å². The molecule has 0 amide bonds. The van der Waals surface area contributed by atoms with Gasteiger partial charge in [-0.3, -0.25) is 0 Å². The second-order valence-corrected chi connectivity index (χ2v) is 6.62. The summed E-state index contributed by atoms with van der Waals surface area (Å²) in [5, 5.41) is 12.1. The van der Waals surface area contributed by atoms with Crippen LogP contribution in [0.15, 0.2) is 48.0 Å². The van der Waals surface area contributed by atoms with Gasteiger partial charge in [-0.25, -0.2) is 9.78 Å². The maximum Gasteiger partial charge on any atom is 0.335 e. The third-order valence-electron chi connectivity index (χ3n) is 4.50. The van der Waals surface area contributed by atoms with Crippen LogP contribution in [0.3, 0.4) is 0 Å². The number of thiazole rings is 1. The highest BCUT2D eigenvalue weighted by Gasteiger charge is 2.43. The minimum absolute atomic E-state index is 0.0850. The molecule has 0 fully saturated rings. The van der Waals surface area contributed by atoms with Crippen molar-refractivity contribution in [2.75, 3.05) is 0 Å². The number of fused-ring (bicyclic) bond motifs is 8. The number of carboxylic acid groups (broad SMARTS) is 1. The van der Waals surface area contributed by atoms with Crippen molar-refractivity contribution < 1.29 is 14.6 Å². The smallest absolute Gasteiger partial charge is 0.335 e. The maximum absolute atomic E-state index is 11.2. The standard InChI is InChI=1S/C18H11NO3S/c20-18(21)10-2-4-12-14(8-10)16-13-7-9(17-19-5-6-23-17)1-3-11(13)15(12)22-16/h1-8,15-16H,(H,20,21)/t15-,16+/m0/s1. The summed E-state index contributed by atoms with van der Waals surface area (Å²) in [5.41, 5.74) is 5.72. The highest BCUT2D eigenvalue weighted by molar-refractivity contribution is 7.13. The minimum Gasteiger partial charge on any atom is -0.478 e. The van der Waals surface area contributed by atoms with E-state index in [1.165, 1.54) is 5.56 Å². The van der Waals surface area contributed by atoms with E-state index >= 15 is 0 Å². The quantitative estimate of drug-likeness (QED) is 0.774. The summed E-state index contributed by atoms with van der Waals surface area (Å²) in [7, 11) is 0. The van der Waals surface area contributed by atoms with Crippen LogP contribution in [-0.4, -0.2) is 16.1 Å². The monoisotopic (exact) mass is 321 g/mol. The summed E-state index contributed by atoms with van der Waals surface area (Å²) in [6.07, 6.45) is 1.53. The average molecular weight is 321 g/mol. The Morgan fingerprint density at radius 2 is 1.78 bits per heavy atom. The molecule has 2 aliphatic rings. The van der Waals surface area contributed by atoms with E-state index in [0.29, 0.717) is 5.56 Å². The Morgan fingerprint density at radius 1 is 1.04 bits per heavy atom. The number of rotatable bonds is 2. The SMILES string of the molecule is O=C(O)c1ccc2c(c1)[C@@H]1O[C@H]2c2ccc(-c3nccs3)cc21. The van der Waals surface area contributed by atoms with Gasteiger partial charge in [0.05, 0.1) is 5.56 Å². The Hall–Kier alpha value is -2.50. The van der Waals surface area contributed by atoms with Gasteiger partial charge in [-0.1, -0.05) is 18.2 Å². The number of carboxylic acids is 1. The molecule has 0 saturated heterocycles. The predicted octanol–water partition coefficient (Wildman–Crippen LogP) is 4.03. The molecule has 0 aliphatic carbocycles. The molecule has 0 saturated carbocycles. The molecule has 23 heavy (non-hydrogen) atoms. The second kappa shape index (κ2) is 4.50. The molecule has 3 heterocycles.